The van der Waals surface area contributed by atoms with Gasteiger partial charge in [-0.3, -0.25) is 4.79 Å². The summed E-state index contributed by atoms with van der Waals surface area (Å²) in [7, 11) is 0. The van der Waals surface area contributed by atoms with Crippen molar-refractivity contribution in [3.05, 3.63) is 23.6 Å². The number of nitrogens with one attached hydrogen (secondary N) is 2. The molecule has 0 aliphatic heterocycles. The molecule has 19 heavy (non-hydrogen) atoms. The average molecular weight is 275 g/mol. The SMILES string of the molecule is CC(C)(C)NC(=O)CCNc1nc(F)c(F)cc1F. The van der Waals surface area contributed by atoms with E-state index in [-0.39, 0.29) is 24.4 Å². The Hall–Kier alpha value is -1.79. The van der Waals surface area contributed by atoms with Crippen molar-refractivity contribution < 1.29 is 18.0 Å². The minimum atomic E-state index is -1.39. The zero-order valence-electron chi connectivity index (χ0n) is 11.0. The Kier molecular flexibility index (Phi) is 4.74. The van der Waals surface area contributed by atoms with Crippen LogP contribution in [0.5, 0.6) is 0 Å². The highest BCUT2D eigenvalue weighted by Crippen LogP contribution is 2.14. The van der Waals surface area contributed by atoms with Crippen LogP contribution in [-0.4, -0.2) is 23.0 Å². The maximum Gasteiger partial charge on any atom is 0.251 e. The molecule has 0 aliphatic rings. The molecule has 0 saturated carbocycles. The van der Waals surface area contributed by atoms with Crippen LogP contribution in [0.4, 0.5) is 19.0 Å². The molecule has 0 bridgehead atoms. The Bertz CT molecular complexity index is 472. The van der Waals surface area contributed by atoms with E-state index in [2.05, 4.69) is 15.6 Å². The molecule has 1 heterocycles. The maximum absolute atomic E-state index is 13.2. The van der Waals surface area contributed by atoms with E-state index in [1.165, 1.54) is 0 Å². The minimum Gasteiger partial charge on any atom is -0.367 e. The summed E-state index contributed by atoms with van der Waals surface area (Å²) in [6.45, 7) is 5.55. The number of hydrogen-bond acceptors (Lipinski definition) is 3. The molecule has 0 radical (unpaired) electrons. The van der Waals surface area contributed by atoms with Crippen molar-refractivity contribution in [2.75, 3.05) is 11.9 Å². The van der Waals surface area contributed by atoms with Crippen molar-refractivity contribution >= 4 is 11.7 Å². The molecule has 0 atom stereocenters. The van der Waals surface area contributed by atoms with Crippen molar-refractivity contribution in [1.29, 1.82) is 0 Å². The number of nitrogens with zero attached hydrogens (tertiary/aromatic N) is 1. The molecule has 1 aromatic rings. The first-order chi connectivity index (χ1) is 8.69. The number of aromatic nitrogens is 1. The van der Waals surface area contributed by atoms with Crippen molar-refractivity contribution in [2.45, 2.75) is 32.7 Å². The standard InChI is InChI=1S/C12H16F3N3O/c1-12(2,3)18-9(19)4-5-16-11-8(14)6-7(13)10(15)17-11/h6H,4-5H2,1-3H3,(H,16,17)(H,18,19). The monoisotopic (exact) mass is 275 g/mol. The third-order valence-electron chi connectivity index (χ3n) is 2.05. The molecule has 106 valence electrons. The van der Waals surface area contributed by atoms with Crippen LogP contribution >= 0.6 is 0 Å². The van der Waals surface area contributed by atoms with Gasteiger partial charge in [-0.05, 0) is 20.8 Å². The zero-order valence-corrected chi connectivity index (χ0v) is 11.0. The molecule has 4 nitrogen and oxygen atoms in total. The van der Waals surface area contributed by atoms with Crippen molar-refractivity contribution in [1.82, 2.24) is 10.3 Å². The number of anilines is 1. The Morgan fingerprint density at radius 3 is 2.47 bits per heavy atom. The van der Waals surface area contributed by atoms with Gasteiger partial charge in [0.1, 0.15) is 0 Å². The van der Waals surface area contributed by atoms with Crippen LogP contribution in [0.1, 0.15) is 27.2 Å². The first-order valence-electron chi connectivity index (χ1n) is 5.75. The van der Waals surface area contributed by atoms with E-state index >= 15 is 0 Å². The highest BCUT2D eigenvalue weighted by Gasteiger charge is 2.14. The van der Waals surface area contributed by atoms with Crippen LogP contribution in [0.25, 0.3) is 0 Å². The number of carbonyl (C=O) groups excluding carboxylic acids is 1. The van der Waals surface area contributed by atoms with Crippen LogP contribution < -0.4 is 10.6 Å². The van der Waals surface area contributed by atoms with E-state index in [0.717, 1.165) is 0 Å². The fourth-order valence-corrected chi connectivity index (χ4v) is 1.34. The van der Waals surface area contributed by atoms with Gasteiger partial charge in [-0.1, -0.05) is 0 Å². The van der Waals surface area contributed by atoms with Crippen LogP contribution in [0, 0.1) is 17.6 Å². The van der Waals surface area contributed by atoms with Gasteiger partial charge in [0.05, 0.1) is 0 Å². The molecular formula is C12H16F3N3O. The fraction of sp³-hybridized carbons (Fsp3) is 0.500. The molecule has 7 heteroatoms. The normalized spacial score (nSPS) is 11.3. The predicted molar refractivity (Wildman–Crippen MR) is 65.1 cm³/mol. The molecule has 0 aromatic carbocycles. The van der Waals surface area contributed by atoms with Gasteiger partial charge in [0.25, 0.3) is 5.95 Å². The number of pyridine rings is 1. The molecule has 2 N–H and O–H groups in total. The van der Waals surface area contributed by atoms with Crippen LogP contribution in [0.3, 0.4) is 0 Å². The van der Waals surface area contributed by atoms with Gasteiger partial charge in [0.2, 0.25) is 5.91 Å². The number of amides is 1. The lowest BCUT2D eigenvalue weighted by atomic mass is 10.1. The van der Waals surface area contributed by atoms with Crippen molar-refractivity contribution in [3.63, 3.8) is 0 Å². The highest BCUT2D eigenvalue weighted by molar-refractivity contribution is 5.77. The third kappa shape index (κ3) is 5.15. The Morgan fingerprint density at radius 1 is 1.26 bits per heavy atom. The predicted octanol–water partition coefficient (Wildman–Crippen LogP) is 2.22. The van der Waals surface area contributed by atoms with Crippen LogP contribution in [0.2, 0.25) is 0 Å². The fourth-order valence-electron chi connectivity index (χ4n) is 1.34. The molecule has 1 amide bonds. The zero-order chi connectivity index (χ0) is 14.6. The first kappa shape index (κ1) is 15.3. The van der Waals surface area contributed by atoms with Crippen LogP contribution in [-0.2, 0) is 4.79 Å². The number of hydrogen-bond donors (Lipinski definition) is 2. The Balaban J connectivity index is 2.50. The summed E-state index contributed by atoms with van der Waals surface area (Å²) in [6.07, 6.45) is 0.0669. The van der Waals surface area contributed by atoms with E-state index in [1.807, 2.05) is 20.8 Å². The second kappa shape index (κ2) is 5.90. The summed E-state index contributed by atoms with van der Waals surface area (Å²) in [5, 5.41) is 5.16. The van der Waals surface area contributed by atoms with Crippen LogP contribution in [0.15, 0.2) is 6.07 Å². The molecule has 1 rings (SSSR count). The Morgan fingerprint density at radius 2 is 1.89 bits per heavy atom. The Labute approximate surface area is 109 Å². The summed E-state index contributed by atoms with van der Waals surface area (Å²) in [5.74, 6) is -4.39. The van der Waals surface area contributed by atoms with Gasteiger partial charge in [-0.25, -0.2) is 8.78 Å². The van der Waals surface area contributed by atoms with Gasteiger partial charge in [0, 0.05) is 24.6 Å². The maximum atomic E-state index is 13.2. The second-order valence-electron chi connectivity index (χ2n) is 5.07. The molecule has 0 fully saturated rings. The number of rotatable bonds is 4. The molecule has 0 saturated heterocycles. The largest absolute Gasteiger partial charge is 0.367 e. The average Bonchev–Trinajstić information content (AvgIpc) is 2.22. The van der Waals surface area contributed by atoms with E-state index in [4.69, 9.17) is 0 Å². The smallest absolute Gasteiger partial charge is 0.251 e. The summed E-state index contributed by atoms with van der Waals surface area (Å²) >= 11 is 0. The molecule has 0 unspecified atom stereocenters. The molecular weight excluding hydrogens is 259 g/mol. The molecule has 0 aliphatic carbocycles. The van der Waals surface area contributed by atoms with Gasteiger partial charge in [-0.2, -0.15) is 9.37 Å². The lowest BCUT2D eigenvalue weighted by Crippen LogP contribution is -2.41. The highest BCUT2D eigenvalue weighted by atomic mass is 19.2. The van der Waals surface area contributed by atoms with Gasteiger partial charge in [0.15, 0.2) is 17.5 Å². The van der Waals surface area contributed by atoms with Gasteiger partial charge in [-0.15, -0.1) is 0 Å². The quantitative estimate of drug-likeness (QED) is 0.828. The van der Waals surface area contributed by atoms with E-state index in [1.54, 1.807) is 0 Å². The summed E-state index contributed by atoms with van der Waals surface area (Å²) in [4.78, 5) is 14.5. The number of halogens is 3. The van der Waals surface area contributed by atoms with Gasteiger partial charge >= 0.3 is 0 Å². The summed E-state index contributed by atoms with van der Waals surface area (Å²) in [6, 6.07) is 0.403. The van der Waals surface area contributed by atoms with Crippen molar-refractivity contribution in [2.24, 2.45) is 0 Å². The van der Waals surface area contributed by atoms with Crippen molar-refractivity contribution in [3.8, 4) is 0 Å². The molecule has 1 aromatic heterocycles. The van der Waals surface area contributed by atoms with Gasteiger partial charge < -0.3 is 10.6 Å². The van der Waals surface area contributed by atoms with E-state index in [9.17, 15) is 18.0 Å². The summed E-state index contributed by atoms with van der Waals surface area (Å²) < 4.78 is 38.6. The lowest BCUT2D eigenvalue weighted by Gasteiger charge is -2.20. The minimum absolute atomic E-state index is 0.0664. The number of carbonyl (C=O) groups is 1. The second-order valence-corrected chi connectivity index (χ2v) is 5.07. The third-order valence-corrected chi connectivity index (χ3v) is 2.05. The summed E-state index contributed by atoms with van der Waals surface area (Å²) in [5.41, 5.74) is -0.359. The molecule has 0 spiro atoms. The van der Waals surface area contributed by atoms with E-state index < -0.39 is 23.4 Å². The van der Waals surface area contributed by atoms with E-state index in [0.29, 0.717) is 6.07 Å². The topological polar surface area (TPSA) is 54.0 Å². The first-order valence-corrected chi connectivity index (χ1v) is 5.75. The lowest BCUT2D eigenvalue weighted by molar-refractivity contribution is -0.122.